The minimum atomic E-state index is -1.63. The highest BCUT2D eigenvalue weighted by Crippen LogP contribution is 2.05. The molecular weight excluding hydrogens is 216 g/mol. The molecule has 0 aromatic heterocycles. The summed E-state index contributed by atoms with van der Waals surface area (Å²) in [6.07, 6.45) is -3.18. The number of hydrogen-bond donors (Lipinski definition) is 3. The molecule has 0 aromatic rings. The van der Waals surface area contributed by atoms with Crippen LogP contribution in [0.2, 0.25) is 0 Å². The van der Waals surface area contributed by atoms with E-state index in [4.69, 9.17) is 5.53 Å². The minimum Gasteiger partial charge on any atom is -0.389 e. The molecule has 0 radical (unpaired) electrons. The number of Topliss-reactive ketones (excluding diaryl/α,β-unsaturated/α-hetero) is 1. The molecule has 0 saturated heterocycles. The molecule has 16 heavy (non-hydrogen) atoms. The van der Waals surface area contributed by atoms with Gasteiger partial charge in [0.1, 0.15) is 6.10 Å². The van der Waals surface area contributed by atoms with Crippen molar-refractivity contribution in [3.8, 4) is 0 Å². The van der Waals surface area contributed by atoms with Crippen LogP contribution in [0.4, 0.5) is 0 Å². The van der Waals surface area contributed by atoms with E-state index in [0.717, 1.165) is 6.92 Å². The van der Waals surface area contributed by atoms with Crippen molar-refractivity contribution in [3.05, 3.63) is 10.4 Å². The van der Waals surface area contributed by atoms with E-state index >= 15 is 0 Å². The lowest BCUT2D eigenvalue weighted by atomic mass is 10.0. The number of aliphatic hydroxyl groups is 2. The van der Waals surface area contributed by atoms with Crippen molar-refractivity contribution in [1.82, 2.24) is 5.32 Å². The lowest BCUT2D eigenvalue weighted by molar-refractivity contribution is -0.131. The highest BCUT2D eigenvalue weighted by Gasteiger charge is 2.28. The summed E-state index contributed by atoms with van der Waals surface area (Å²) >= 11 is 0. The third-order valence-corrected chi connectivity index (χ3v) is 1.89. The quantitative estimate of drug-likeness (QED) is 0.310. The Labute approximate surface area is 91.9 Å². The predicted octanol–water partition coefficient (Wildman–Crippen LogP) is -0.888. The molecule has 8 nitrogen and oxygen atoms in total. The zero-order valence-electron chi connectivity index (χ0n) is 8.99. The normalized spacial score (nSPS) is 15.5. The van der Waals surface area contributed by atoms with E-state index in [1.807, 2.05) is 0 Å². The number of azide groups is 1. The molecule has 1 unspecified atom stereocenters. The molecule has 0 saturated carbocycles. The smallest absolute Gasteiger partial charge is 0.216 e. The van der Waals surface area contributed by atoms with Gasteiger partial charge in [-0.25, -0.2) is 0 Å². The van der Waals surface area contributed by atoms with E-state index in [9.17, 15) is 19.8 Å². The number of hydrogen-bond acceptors (Lipinski definition) is 5. The molecule has 8 heteroatoms. The van der Waals surface area contributed by atoms with Gasteiger partial charge in [-0.05, 0) is 12.5 Å². The molecule has 0 aromatic carbocycles. The van der Waals surface area contributed by atoms with Crippen molar-refractivity contribution >= 4 is 11.7 Å². The number of nitrogens with zero attached hydrogens (tertiary/aromatic N) is 3. The Morgan fingerprint density at radius 3 is 2.38 bits per heavy atom. The van der Waals surface area contributed by atoms with E-state index in [1.54, 1.807) is 0 Å². The molecule has 0 aliphatic carbocycles. The van der Waals surface area contributed by atoms with Crippen molar-refractivity contribution in [2.45, 2.75) is 32.1 Å². The number of nitrogens with one attached hydrogen (secondary N) is 1. The van der Waals surface area contributed by atoms with Crippen LogP contribution in [0.15, 0.2) is 5.11 Å². The lowest BCUT2D eigenvalue weighted by Crippen LogP contribution is -2.45. The van der Waals surface area contributed by atoms with Crippen LogP contribution in [0.3, 0.4) is 0 Å². The summed E-state index contributed by atoms with van der Waals surface area (Å²) in [6.45, 7) is 2.20. The summed E-state index contributed by atoms with van der Waals surface area (Å²) in [4.78, 5) is 23.9. The third kappa shape index (κ3) is 4.74. The maximum Gasteiger partial charge on any atom is 0.216 e. The standard InChI is InChI=1S/C8H14N4O4/c1-4(13)7(15)8(16)6(11-12-9)3-10-5(2)14/h6-8,15-16H,3H2,1-2H3,(H,10,14)/t6?,7-,8-/m1/s1. The van der Waals surface area contributed by atoms with Gasteiger partial charge in [0.2, 0.25) is 5.91 Å². The molecule has 0 spiro atoms. The van der Waals surface area contributed by atoms with E-state index in [1.165, 1.54) is 6.92 Å². The van der Waals surface area contributed by atoms with Gasteiger partial charge in [-0.15, -0.1) is 0 Å². The largest absolute Gasteiger partial charge is 0.389 e. The predicted molar refractivity (Wildman–Crippen MR) is 54.3 cm³/mol. The maximum absolute atomic E-state index is 10.8. The van der Waals surface area contributed by atoms with E-state index in [2.05, 4.69) is 15.3 Å². The fourth-order valence-corrected chi connectivity index (χ4v) is 0.995. The van der Waals surface area contributed by atoms with E-state index < -0.39 is 24.0 Å². The van der Waals surface area contributed by atoms with Crippen LogP contribution >= 0.6 is 0 Å². The van der Waals surface area contributed by atoms with Crippen molar-refractivity contribution in [1.29, 1.82) is 0 Å². The summed E-state index contributed by atoms with van der Waals surface area (Å²) < 4.78 is 0. The zero-order valence-corrected chi connectivity index (χ0v) is 8.99. The second-order valence-electron chi connectivity index (χ2n) is 3.26. The maximum atomic E-state index is 10.8. The van der Waals surface area contributed by atoms with Crippen LogP contribution in [0.5, 0.6) is 0 Å². The highest BCUT2D eigenvalue weighted by atomic mass is 16.3. The zero-order chi connectivity index (χ0) is 12.7. The molecule has 0 bridgehead atoms. The molecule has 0 aliphatic rings. The van der Waals surface area contributed by atoms with Crippen LogP contribution in [0, 0.1) is 0 Å². The summed E-state index contributed by atoms with van der Waals surface area (Å²) in [7, 11) is 0. The second kappa shape index (κ2) is 6.78. The number of ketones is 1. The minimum absolute atomic E-state index is 0.148. The molecule has 0 aliphatic heterocycles. The van der Waals surface area contributed by atoms with E-state index in [-0.39, 0.29) is 12.5 Å². The molecular formula is C8H14N4O4. The van der Waals surface area contributed by atoms with Gasteiger partial charge in [-0.3, -0.25) is 9.59 Å². The van der Waals surface area contributed by atoms with Gasteiger partial charge >= 0.3 is 0 Å². The number of carbonyl (C=O) groups excluding carboxylic acids is 2. The summed E-state index contributed by atoms with van der Waals surface area (Å²) in [5, 5.41) is 24.3. The Balaban J connectivity index is 4.57. The molecule has 90 valence electrons. The summed E-state index contributed by atoms with van der Waals surface area (Å²) in [6, 6.07) is -1.09. The average molecular weight is 230 g/mol. The number of amides is 1. The van der Waals surface area contributed by atoms with Gasteiger partial charge in [0.15, 0.2) is 5.78 Å². The topological polar surface area (TPSA) is 135 Å². The molecule has 1 amide bonds. The number of carbonyl (C=O) groups is 2. The van der Waals surface area contributed by atoms with Crippen LogP contribution < -0.4 is 5.32 Å². The first-order valence-electron chi connectivity index (χ1n) is 4.55. The fourth-order valence-electron chi connectivity index (χ4n) is 0.995. The number of aliphatic hydroxyl groups excluding tert-OH is 2. The van der Waals surface area contributed by atoms with Crippen LogP contribution in [0.25, 0.3) is 10.4 Å². The van der Waals surface area contributed by atoms with Gasteiger partial charge in [-0.2, -0.15) is 0 Å². The van der Waals surface area contributed by atoms with Crippen LogP contribution in [0.1, 0.15) is 13.8 Å². The van der Waals surface area contributed by atoms with Crippen LogP contribution in [-0.4, -0.2) is 46.7 Å². The first-order chi connectivity index (χ1) is 7.40. The van der Waals surface area contributed by atoms with Crippen molar-refractivity contribution in [2.24, 2.45) is 5.11 Å². The van der Waals surface area contributed by atoms with Crippen molar-refractivity contribution < 1.29 is 19.8 Å². The molecule has 0 rings (SSSR count). The Morgan fingerprint density at radius 2 is 2.00 bits per heavy atom. The first kappa shape index (κ1) is 14.4. The Kier molecular flexibility index (Phi) is 6.09. The van der Waals surface area contributed by atoms with Crippen molar-refractivity contribution in [2.75, 3.05) is 6.54 Å². The van der Waals surface area contributed by atoms with Crippen LogP contribution in [-0.2, 0) is 9.59 Å². The second-order valence-corrected chi connectivity index (χ2v) is 3.26. The summed E-state index contributed by atoms with van der Waals surface area (Å²) in [5.74, 6) is -1.02. The lowest BCUT2D eigenvalue weighted by Gasteiger charge is -2.21. The monoisotopic (exact) mass is 230 g/mol. The van der Waals surface area contributed by atoms with Gasteiger partial charge in [0.05, 0.1) is 12.1 Å². The van der Waals surface area contributed by atoms with Gasteiger partial charge in [-0.1, -0.05) is 5.11 Å². The first-order valence-corrected chi connectivity index (χ1v) is 4.55. The third-order valence-electron chi connectivity index (χ3n) is 1.89. The fraction of sp³-hybridized carbons (Fsp3) is 0.750. The molecule has 3 N–H and O–H groups in total. The summed E-state index contributed by atoms with van der Waals surface area (Å²) in [5.41, 5.74) is 8.24. The van der Waals surface area contributed by atoms with Crippen molar-refractivity contribution in [3.63, 3.8) is 0 Å². The SMILES string of the molecule is CC(=O)NCC(N=[N+]=[N-])[C@@H](O)[C@H](O)C(C)=O. The van der Waals surface area contributed by atoms with Gasteiger partial charge in [0.25, 0.3) is 0 Å². The Bertz CT molecular complexity index is 313. The molecule has 0 fully saturated rings. The number of rotatable bonds is 6. The average Bonchev–Trinajstić information content (AvgIpc) is 2.21. The van der Waals surface area contributed by atoms with Gasteiger partial charge in [0, 0.05) is 18.4 Å². The Morgan fingerprint density at radius 1 is 1.44 bits per heavy atom. The van der Waals surface area contributed by atoms with Gasteiger partial charge < -0.3 is 15.5 Å². The van der Waals surface area contributed by atoms with E-state index in [0.29, 0.717) is 0 Å². The molecule has 3 atom stereocenters. The Hall–Kier alpha value is -1.63. The highest BCUT2D eigenvalue weighted by molar-refractivity contribution is 5.80. The molecule has 0 heterocycles.